The minimum absolute atomic E-state index is 0.0232. The van der Waals surface area contributed by atoms with Gasteiger partial charge in [0.1, 0.15) is 0 Å². The van der Waals surface area contributed by atoms with Gasteiger partial charge in [0.25, 0.3) is 5.91 Å². The number of aromatic amines is 1. The third-order valence-electron chi connectivity index (χ3n) is 4.85. The maximum Gasteiger partial charge on any atom is 0.255 e. The average Bonchev–Trinajstić information content (AvgIpc) is 3.28. The lowest BCUT2D eigenvalue weighted by Crippen LogP contribution is -2.30. The maximum absolute atomic E-state index is 13.1. The van der Waals surface area contributed by atoms with Crippen LogP contribution in [0.1, 0.15) is 47.4 Å². The van der Waals surface area contributed by atoms with Crippen LogP contribution in [0.25, 0.3) is 11.0 Å². The van der Waals surface area contributed by atoms with Gasteiger partial charge in [-0.3, -0.25) is 9.89 Å². The fraction of sp³-hybridized carbons (Fsp3) is 0.316. The van der Waals surface area contributed by atoms with Gasteiger partial charge in [0, 0.05) is 23.2 Å². The number of hydrogen-bond donors (Lipinski definition) is 1. The van der Waals surface area contributed by atoms with Crippen molar-refractivity contribution in [1.29, 1.82) is 0 Å². The molecule has 3 heterocycles. The van der Waals surface area contributed by atoms with E-state index in [-0.39, 0.29) is 11.9 Å². The van der Waals surface area contributed by atoms with Crippen LogP contribution in [0.3, 0.4) is 0 Å². The van der Waals surface area contributed by atoms with E-state index in [1.807, 2.05) is 42.2 Å². The van der Waals surface area contributed by atoms with Gasteiger partial charge in [-0.25, -0.2) is 4.98 Å². The number of rotatable bonds is 3. The number of H-pyrrole nitrogens is 1. The van der Waals surface area contributed by atoms with Crippen molar-refractivity contribution in [3.8, 4) is 0 Å². The quantitative estimate of drug-likeness (QED) is 0.768. The number of carbonyl (C=O) groups excluding carboxylic acids is 1. The average molecular weight is 355 g/mol. The first-order valence-corrected chi connectivity index (χ1v) is 8.94. The van der Waals surface area contributed by atoms with Crippen LogP contribution in [0, 0.1) is 0 Å². The van der Waals surface area contributed by atoms with E-state index >= 15 is 0 Å². The Bertz CT molecular complexity index is 919. The van der Waals surface area contributed by atoms with Gasteiger partial charge < -0.3 is 4.90 Å². The van der Waals surface area contributed by atoms with E-state index in [0.29, 0.717) is 10.6 Å². The zero-order chi connectivity index (χ0) is 17.4. The summed E-state index contributed by atoms with van der Waals surface area (Å²) in [6, 6.07) is 9.77. The van der Waals surface area contributed by atoms with E-state index in [2.05, 4.69) is 15.2 Å². The molecule has 0 aliphatic carbocycles. The molecule has 1 unspecified atom stereocenters. The number of carbonyl (C=O) groups is 1. The van der Waals surface area contributed by atoms with Gasteiger partial charge >= 0.3 is 0 Å². The molecule has 4 rings (SSSR count). The number of halogens is 1. The topological polar surface area (TPSA) is 61.9 Å². The van der Waals surface area contributed by atoms with E-state index in [9.17, 15) is 4.79 Å². The lowest BCUT2D eigenvalue weighted by atomic mass is 10.0. The minimum atomic E-state index is 0.0232. The molecule has 25 heavy (non-hydrogen) atoms. The summed E-state index contributed by atoms with van der Waals surface area (Å²) >= 11 is 5.99. The molecule has 0 saturated carbocycles. The van der Waals surface area contributed by atoms with Gasteiger partial charge in [-0.2, -0.15) is 5.10 Å². The second-order valence-electron chi connectivity index (χ2n) is 6.35. The third kappa shape index (κ3) is 2.89. The zero-order valence-corrected chi connectivity index (χ0v) is 14.8. The molecule has 128 valence electrons. The Morgan fingerprint density at radius 3 is 2.92 bits per heavy atom. The fourth-order valence-electron chi connectivity index (χ4n) is 3.55. The normalized spacial score (nSPS) is 17.4. The van der Waals surface area contributed by atoms with Crippen LogP contribution in [-0.4, -0.2) is 32.5 Å². The Morgan fingerprint density at radius 1 is 1.36 bits per heavy atom. The van der Waals surface area contributed by atoms with Crippen LogP contribution >= 0.6 is 11.6 Å². The first-order chi connectivity index (χ1) is 12.2. The number of pyridine rings is 1. The van der Waals surface area contributed by atoms with Crippen molar-refractivity contribution in [3.63, 3.8) is 0 Å². The first-order valence-electron chi connectivity index (χ1n) is 8.57. The van der Waals surface area contributed by atoms with Gasteiger partial charge in [0.2, 0.25) is 0 Å². The van der Waals surface area contributed by atoms with Crippen molar-refractivity contribution in [2.75, 3.05) is 6.54 Å². The van der Waals surface area contributed by atoms with Gasteiger partial charge in [0.05, 0.1) is 17.3 Å². The summed E-state index contributed by atoms with van der Waals surface area (Å²) in [7, 11) is 0. The molecule has 0 bridgehead atoms. The molecule has 0 radical (unpaired) electrons. The van der Waals surface area contributed by atoms with Gasteiger partial charge in [0.15, 0.2) is 5.65 Å². The number of aromatic nitrogens is 3. The Labute approximate surface area is 151 Å². The molecule has 1 N–H and O–H groups in total. The summed E-state index contributed by atoms with van der Waals surface area (Å²) in [4.78, 5) is 19.4. The molecule has 3 aromatic rings. The SMILES string of the molecule is CCc1n[nH]c2ncc(C(=O)N3CCCC3c3ccc(Cl)cc3)cc12. The lowest BCUT2D eigenvalue weighted by Gasteiger charge is -2.25. The Balaban J connectivity index is 1.66. The minimum Gasteiger partial charge on any atom is -0.332 e. The Hall–Kier alpha value is -2.40. The van der Waals surface area contributed by atoms with Crippen LogP contribution < -0.4 is 0 Å². The van der Waals surface area contributed by atoms with Crippen LogP contribution in [0.5, 0.6) is 0 Å². The largest absolute Gasteiger partial charge is 0.332 e. The highest BCUT2D eigenvalue weighted by atomic mass is 35.5. The number of nitrogens with zero attached hydrogens (tertiary/aromatic N) is 3. The van der Waals surface area contributed by atoms with Crippen molar-refractivity contribution in [3.05, 3.63) is 58.4 Å². The molecular formula is C19H19ClN4O. The lowest BCUT2D eigenvalue weighted by molar-refractivity contribution is 0.0735. The van der Waals surface area contributed by atoms with E-state index in [1.54, 1.807) is 6.20 Å². The molecule has 2 aromatic heterocycles. The van der Waals surface area contributed by atoms with Crippen molar-refractivity contribution in [2.24, 2.45) is 0 Å². The standard InChI is InChI=1S/C19H19ClN4O/c1-2-16-15-10-13(11-21-18(15)23-22-16)19(25)24-9-3-4-17(24)12-5-7-14(20)8-6-12/h5-8,10-11,17H,2-4,9H2,1H3,(H,21,22,23). The molecule has 0 spiro atoms. The van der Waals surface area contributed by atoms with E-state index in [1.165, 1.54) is 0 Å². The van der Waals surface area contributed by atoms with Crippen molar-refractivity contribution >= 4 is 28.5 Å². The predicted molar refractivity (Wildman–Crippen MR) is 97.7 cm³/mol. The summed E-state index contributed by atoms with van der Waals surface area (Å²) in [5.41, 5.74) is 3.41. The number of amides is 1. The molecule has 1 atom stereocenters. The van der Waals surface area contributed by atoms with Crippen LogP contribution in [-0.2, 0) is 6.42 Å². The third-order valence-corrected chi connectivity index (χ3v) is 5.10. The molecule has 1 amide bonds. The number of fused-ring (bicyclic) bond motifs is 1. The molecular weight excluding hydrogens is 336 g/mol. The highest BCUT2D eigenvalue weighted by molar-refractivity contribution is 6.30. The highest BCUT2D eigenvalue weighted by Gasteiger charge is 2.31. The molecule has 1 aliphatic rings. The van der Waals surface area contributed by atoms with Gasteiger partial charge in [-0.1, -0.05) is 30.7 Å². The summed E-state index contributed by atoms with van der Waals surface area (Å²) in [6.07, 6.45) is 4.41. The number of hydrogen-bond acceptors (Lipinski definition) is 3. The van der Waals surface area contributed by atoms with Gasteiger partial charge in [-0.15, -0.1) is 0 Å². The molecule has 6 heteroatoms. The maximum atomic E-state index is 13.1. The molecule has 1 saturated heterocycles. The van der Waals surface area contributed by atoms with E-state index < -0.39 is 0 Å². The molecule has 1 aromatic carbocycles. The van der Waals surface area contributed by atoms with Crippen LogP contribution in [0.2, 0.25) is 5.02 Å². The predicted octanol–water partition coefficient (Wildman–Crippen LogP) is 4.15. The Morgan fingerprint density at radius 2 is 2.16 bits per heavy atom. The summed E-state index contributed by atoms with van der Waals surface area (Å²) in [5.74, 6) is 0.0232. The van der Waals surface area contributed by atoms with E-state index in [0.717, 1.165) is 48.1 Å². The Kier molecular flexibility index (Phi) is 4.17. The number of benzene rings is 1. The van der Waals surface area contributed by atoms with Crippen molar-refractivity contribution in [2.45, 2.75) is 32.2 Å². The second-order valence-corrected chi connectivity index (χ2v) is 6.79. The van der Waals surface area contributed by atoms with Crippen LogP contribution in [0.4, 0.5) is 0 Å². The fourth-order valence-corrected chi connectivity index (χ4v) is 3.67. The number of likely N-dealkylation sites (tertiary alicyclic amines) is 1. The van der Waals surface area contributed by atoms with Crippen LogP contribution in [0.15, 0.2) is 36.5 Å². The number of aryl methyl sites for hydroxylation is 1. The smallest absolute Gasteiger partial charge is 0.255 e. The van der Waals surface area contributed by atoms with Crippen molar-refractivity contribution < 1.29 is 4.79 Å². The van der Waals surface area contributed by atoms with E-state index in [4.69, 9.17) is 11.6 Å². The summed E-state index contributed by atoms with van der Waals surface area (Å²) < 4.78 is 0. The summed E-state index contributed by atoms with van der Waals surface area (Å²) in [5, 5.41) is 8.81. The monoisotopic (exact) mass is 354 g/mol. The summed E-state index contributed by atoms with van der Waals surface area (Å²) in [6.45, 7) is 2.80. The molecule has 1 fully saturated rings. The van der Waals surface area contributed by atoms with Crippen molar-refractivity contribution in [1.82, 2.24) is 20.1 Å². The zero-order valence-electron chi connectivity index (χ0n) is 14.0. The number of nitrogens with one attached hydrogen (secondary N) is 1. The molecule has 5 nitrogen and oxygen atoms in total. The highest BCUT2D eigenvalue weighted by Crippen LogP contribution is 2.33. The molecule has 1 aliphatic heterocycles. The first kappa shape index (κ1) is 16.1. The second kappa shape index (κ2) is 6.48. The van der Waals surface area contributed by atoms with Gasteiger partial charge in [-0.05, 0) is 43.0 Å².